The summed E-state index contributed by atoms with van der Waals surface area (Å²) in [7, 11) is 0. The van der Waals surface area contributed by atoms with E-state index in [1.807, 2.05) is 4.68 Å². The topological polar surface area (TPSA) is 42.7 Å². The van der Waals surface area contributed by atoms with Crippen molar-refractivity contribution in [1.29, 1.82) is 0 Å². The first-order chi connectivity index (χ1) is 12.9. The Bertz CT molecular complexity index is 983. The molecule has 1 aliphatic carbocycles. The highest BCUT2D eigenvalue weighted by atomic mass is 15.4. The summed E-state index contributed by atoms with van der Waals surface area (Å²) in [5, 5.41) is 8.05. The SMILES string of the molecule is C(=C1CCCC2=C1Nc1ncnn1[C@@H]2c1ccccc1)c1ccccc1. The molecular weight excluding hydrogens is 320 g/mol. The molecule has 0 amide bonds. The van der Waals surface area contributed by atoms with Crippen molar-refractivity contribution in [3.8, 4) is 0 Å². The van der Waals surface area contributed by atoms with E-state index < -0.39 is 0 Å². The van der Waals surface area contributed by atoms with E-state index in [-0.39, 0.29) is 6.04 Å². The molecule has 1 aliphatic heterocycles. The van der Waals surface area contributed by atoms with Crippen molar-refractivity contribution in [2.24, 2.45) is 0 Å². The Kier molecular flexibility index (Phi) is 3.67. The van der Waals surface area contributed by atoms with Crippen LogP contribution in [0.5, 0.6) is 0 Å². The van der Waals surface area contributed by atoms with Gasteiger partial charge < -0.3 is 5.32 Å². The second-order valence-electron chi connectivity index (χ2n) is 6.80. The van der Waals surface area contributed by atoms with E-state index in [4.69, 9.17) is 0 Å². The smallest absolute Gasteiger partial charge is 0.226 e. The Morgan fingerprint density at radius 1 is 0.962 bits per heavy atom. The van der Waals surface area contributed by atoms with Gasteiger partial charge in [-0.2, -0.15) is 10.1 Å². The van der Waals surface area contributed by atoms with Gasteiger partial charge in [0.1, 0.15) is 12.4 Å². The number of allylic oxidation sites excluding steroid dienone is 2. The number of nitrogens with one attached hydrogen (secondary N) is 1. The molecular formula is C22H20N4. The summed E-state index contributed by atoms with van der Waals surface area (Å²) < 4.78 is 2.01. The molecule has 26 heavy (non-hydrogen) atoms. The van der Waals surface area contributed by atoms with Gasteiger partial charge >= 0.3 is 0 Å². The van der Waals surface area contributed by atoms with Crippen LogP contribution in [0, 0.1) is 0 Å². The minimum absolute atomic E-state index is 0.115. The predicted octanol–water partition coefficient (Wildman–Crippen LogP) is 4.81. The summed E-state index contributed by atoms with van der Waals surface area (Å²) in [6, 6.07) is 21.3. The normalized spacial score (nSPS) is 20.5. The van der Waals surface area contributed by atoms with Crippen molar-refractivity contribution >= 4 is 12.0 Å². The van der Waals surface area contributed by atoms with Crippen LogP contribution < -0.4 is 5.32 Å². The largest absolute Gasteiger partial charge is 0.324 e. The number of hydrogen-bond donors (Lipinski definition) is 1. The molecule has 3 aromatic rings. The van der Waals surface area contributed by atoms with Crippen LogP contribution in [0.4, 0.5) is 5.95 Å². The van der Waals surface area contributed by atoms with E-state index >= 15 is 0 Å². The van der Waals surface area contributed by atoms with Crippen molar-refractivity contribution < 1.29 is 0 Å². The van der Waals surface area contributed by atoms with E-state index in [0.29, 0.717) is 0 Å². The third kappa shape index (κ3) is 2.54. The van der Waals surface area contributed by atoms with Gasteiger partial charge in [-0.25, -0.2) is 4.68 Å². The molecule has 0 fully saturated rings. The number of fused-ring (bicyclic) bond motifs is 1. The molecule has 2 aliphatic rings. The second-order valence-corrected chi connectivity index (χ2v) is 6.80. The third-order valence-corrected chi connectivity index (χ3v) is 5.17. The van der Waals surface area contributed by atoms with Gasteiger partial charge in [0.2, 0.25) is 5.95 Å². The maximum Gasteiger partial charge on any atom is 0.226 e. The minimum Gasteiger partial charge on any atom is -0.324 e. The van der Waals surface area contributed by atoms with Crippen molar-refractivity contribution in [3.05, 3.63) is 95.0 Å². The molecule has 0 unspecified atom stereocenters. The molecule has 2 aromatic carbocycles. The number of anilines is 1. The highest BCUT2D eigenvalue weighted by Gasteiger charge is 2.33. The van der Waals surface area contributed by atoms with Gasteiger partial charge in [-0.1, -0.05) is 60.7 Å². The van der Waals surface area contributed by atoms with Crippen molar-refractivity contribution in [2.45, 2.75) is 25.3 Å². The molecule has 4 nitrogen and oxygen atoms in total. The van der Waals surface area contributed by atoms with Gasteiger partial charge in [0.15, 0.2) is 0 Å². The fraction of sp³-hybridized carbons (Fsp3) is 0.182. The highest BCUT2D eigenvalue weighted by Crippen LogP contribution is 2.43. The summed E-state index contributed by atoms with van der Waals surface area (Å²) in [5.41, 5.74) is 6.49. The Morgan fingerprint density at radius 2 is 1.73 bits per heavy atom. The zero-order chi connectivity index (χ0) is 17.3. The van der Waals surface area contributed by atoms with Gasteiger partial charge in [-0.05, 0) is 47.6 Å². The molecule has 0 bridgehead atoms. The predicted molar refractivity (Wildman–Crippen MR) is 104 cm³/mol. The van der Waals surface area contributed by atoms with Gasteiger partial charge in [0.05, 0.1) is 0 Å². The lowest BCUT2D eigenvalue weighted by molar-refractivity contribution is 0.538. The first-order valence-electron chi connectivity index (χ1n) is 9.10. The lowest BCUT2D eigenvalue weighted by Gasteiger charge is -2.34. The van der Waals surface area contributed by atoms with Crippen LogP contribution in [0.15, 0.2) is 83.8 Å². The lowest BCUT2D eigenvalue weighted by Crippen LogP contribution is -2.28. The van der Waals surface area contributed by atoms with Crippen LogP contribution >= 0.6 is 0 Å². The molecule has 1 N–H and O–H groups in total. The van der Waals surface area contributed by atoms with E-state index in [1.54, 1.807) is 6.33 Å². The molecule has 128 valence electrons. The van der Waals surface area contributed by atoms with E-state index in [9.17, 15) is 0 Å². The number of aromatic nitrogens is 3. The van der Waals surface area contributed by atoms with Crippen LogP contribution in [0.25, 0.3) is 6.08 Å². The standard InChI is InChI=1S/C22H20N4/c1-3-8-16(9-4-1)14-18-12-7-13-19-20(18)25-22-23-15-24-26(22)21(19)17-10-5-2-6-11-17/h1-6,8-11,14-15,21H,7,12-13H2,(H,23,24,25)/t21-/m1/s1. The maximum atomic E-state index is 4.50. The average molecular weight is 340 g/mol. The quantitative estimate of drug-likeness (QED) is 0.727. The molecule has 1 aromatic heterocycles. The van der Waals surface area contributed by atoms with E-state index in [1.165, 1.54) is 28.0 Å². The maximum absolute atomic E-state index is 4.50. The number of rotatable bonds is 2. The number of nitrogens with zero attached hydrogens (tertiary/aromatic N) is 3. The Balaban J connectivity index is 1.66. The van der Waals surface area contributed by atoms with E-state index in [2.05, 4.69) is 82.1 Å². The average Bonchev–Trinajstić information content (AvgIpc) is 3.16. The fourth-order valence-electron chi connectivity index (χ4n) is 4.02. The van der Waals surface area contributed by atoms with Gasteiger partial charge in [0, 0.05) is 5.70 Å². The summed E-state index contributed by atoms with van der Waals surface area (Å²) in [4.78, 5) is 4.44. The molecule has 5 rings (SSSR count). The summed E-state index contributed by atoms with van der Waals surface area (Å²) in [6.07, 6.45) is 7.25. The summed E-state index contributed by atoms with van der Waals surface area (Å²) in [5.74, 6) is 0.818. The highest BCUT2D eigenvalue weighted by molar-refractivity contribution is 5.65. The van der Waals surface area contributed by atoms with Gasteiger partial charge in [-0.3, -0.25) is 0 Å². The van der Waals surface area contributed by atoms with Crippen molar-refractivity contribution in [1.82, 2.24) is 14.8 Å². The second kappa shape index (κ2) is 6.30. The molecule has 0 spiro atoms. The molecule has 4 heteroatoms. The van der Waals surface area contributed by atoms with Crippen LogP contribution in [-0.2, 0) is 0 Å². The monoisotopic (exact) mass is 340 g/mol. The number of hydrogen-bond acceptors (Lipinski definition) is 3. The summed E-state index contributed by atoms with van der Waals surface area (Å²) >= 11 is 0. The number of benzene rings is 2. The fourth-order valence-corrected chi connectivity index (χ4v) is 4.02. The van der Waals surface area contributed by atoms with Gasteiger partial charge in [0.25, 0.3) is 0 Å². The van der Waals surface area contributed by atoms with Crippen LogP contribution in [0.1, 0.15) is 36.4 Å². The van der Waals surface area contributed by atoms with Crippen LogP contribution in [0.3, 0.4) is 0 Å². The molecule has 0 radical (unpaired) electrons. The Labute approximate surface area is 152 Å². The zero-order valence-electron chi connectivity index (χ0n) is 14.5. The third-order valence-electron chi connectivity index (χ3n) is 5.17. The van der Waals surface area contributed by atoms with Crippen molar-refractivity contribution in [2.75, 3.05) is 5.32 Å². The Morgan fingerprint density at radius 3 is 2.54 bits per heavy atom. The van der Waals surface area contributed by atoms with Gasteiger partial charge in [-0.15, -0.1) is 0 Å². The Hall–Kier alpha value is -3.14. The van der Waals surface area contributed by atoms with Crippen LogP contribution in [-0.4, -0.2) is 14.8 Å². The first kappa shape index (κ1) is 15.1. The molecule has 2 heterocycles. The molecule has 0 saturated heterocycles. The lowest BCUT2D eigenvalue weighted by atomic mass is 9.83. The minimum atomic E-state index is 0.115. The van der Waals surface area contributed by atoms with E-state index in [0.717, 1.165) is 25.2 Å². The van der Waals surface area contributed by atoms with Crippen molar-refractivity contribution in [3.63, 3.8) is 0 Å². The molecule has 1 atom stereocenters. The first-order valence-corrected chi connectivity index (χ1v) is 9.10. The zero-order valence-corrected chi connectivity index (χ0v) is 14.5. The molecule has 0 saturated carbocycles. The van der Waals surface area contributed by atoms with Crippen LogP contribution in [0.2, 0.25) is 0 Å². The summed E-state index contributed by atoms with van der Waals surface area (Å²) in [6.45, 7) is 0.